The quantitative estimate of drug-likeness (QED) is 0.543. The topological polar surface area (TPSA) is 90.9 Å². The Morgan fingerprint density at radius 3 is 2.67 bits per heavy atom. The Morgan fingerprint density at radius 1 is 1.00 bits per heavy atom. The van der Waals surface area contributed by atoms with Gasteiger partial charge >= 0.3 is 6.03 Å². The van der Waals surface area contributed by atoms with Crippen molar-refractivity contribution in [1.29, 1.82) is 0 Å². The molecule has 0 fully saturated rings. The van der Waals surface area contributed by atoms with Crippen molar-refractivity contribution in [3.8, 4) is 5.75 Å². The highest BCUT2D eigenvalue weighted by molar-refractivity contribution is 5.94. The number of amides is 3. The number of carbonyl (C=O) groups is 2. The summed E-state index contributed by atoms with van der Waals surface area (Å²) in [5.74, 6) is 1.42. The zero-order valence-corrected chi connectivity index (χ0v) is 22.3. The van der Waals surface area contributed by atoms with Crippen molar-refractivity contribution >= 4 is 23.4 Å². The van der Waals surface area contributed by atoms with Gasteiger partial charge in [0, 0.05) is 50.1 Å². The van der Waals surface area contributed by atoms with Gasteiger partial charge < -0.3 is 19.9 Å². The molecule has 1 atom stereocenters. The minimum Gasteiger partial charge on any atom is -0.497 e. The summed E-state index contributed by atoms with van der Waals surface area (Å²) in [7, 11) is 1.64. The molecule has 0 saturated carbocycles. The summed E-state index contributed by atoms with van der Waals surface area (Å²) in [6.45, 7) is 4.62. The van der Waals surface area contributed by atoms with E-state index in [1.807, 2.05) is 40.1 Å². The summed E-state index contributed by atoms with van der Waals surface area (Å²) in [6.07, 6.45) is 5.82. The van der Waals surface area contributed by atoms with E-state index in [0.29, 0.717) is 44.1 Å². The third-order valence-electron chi connectivity index (χ3n) is 7.99. The van der Waals surface area contributed by atoms with E-state index < -0.39 is 0 Å². The van der Waals surface area contributed by atoms with Gasteiger partial charge in [-0.05, 0) is 60.7 Å². The summed E-state index contributed by atoms with van der Waals surface area (Å²) in [4.78, 5) is 41.1. The first-order valence-corrected chi connectivity index (χ1v) is 13.4. The fourth-order valence-corrected chi connectivity index (χ4v) is 5.76. The van der Waals surface area contributed by atoms with E-state index in [4.69, 9.17) is 4.74 Å². The van der Waals surface area contributed by atoms with Crippen LogP contribution < -0.4 is 15.0 Å². The number of benzene rings is 2. The van der Waals surface area contributed by atoms with Gasteiger partial charge in [-0.3, -0.25) is 9.69 Å². The molecule has 1 N–H and O–H groups in total. The van der Waals surface area contributed by atoms with Gasteiger partial charge in [-0.2, -0.15) is 0 Å². The molecule has 3 aliphatic rings. The zero-order chi connectivity index (χ0) is 26.9. The van der Waals surface area contributed by atoms with Gasteiger partial charge in [-0.15, -0.1) is 0 Å². The van der Waals surface area contributed by atoms with Crippen molar-refractivity contribution in [2.24, 2.45) is 0 Å². The number of methoxy groups -OCH3 is 1. The van der Waals surface area contributed by atoms with Crippen molar-refractivity contribution in [2.45, 2.75) is 32.2 Å². The Bertz CT molecular complexity index is 1450. The molecule has 4 heterocycles. The number of nitrogens with one attached hydrogen (secondary N) is 1. The van der Waals surface area contributed by atoms with E-state index in [1.54, 1.807) is 13.2 Å². The molecular formula is C30H32N6O3. The second kappa shape index (κ2) is 10.4. The number of urea groups is 1. The van der Waals surface area contributed by atoms with Crippen LogP contribution in [-0.4, -0.2) is 65.0 Å². The first kappa shape index (κ1) is 24.9. The number of hydrogen-bond donors (Lipinski definition) is 1. The van der Waals surface area contributed by atoms with Gasteiger partial charge in [-0.1, -0.05) is 24.3 Å². The first-order valence-electron chi connectivity index (χ1n) is 13.4. The van der Waals surface area contributed by atoms with E-state index in [1.165, 1.54) is 17.5 Å². The maximum atomic E-state index is 13.5. The lowest BCUT2D eigenvalue weighted by atomic mass is 9.93. The van der Waals surface area contributed by atoms with Crippen LogP contribution in [0, 0.1) is 0 Å². The van der Waals surface area contributed by atoms with Gasteiger partial charge in [0.25, 0.3) is 5.91 Å². The van der Waals surface area contributed by atoms with Gasteiger partial charge in [0.15, 0.2) is 0 Å². The third kappa shape index (κ3) is 4.80. The van der Waals surface area contributed by atoms with Crippen LogP contribution in [0.1, 0.15) is 46.6 Å². The molecule has 0 aliphatic carbocycles. The fraction of sp³-hybridized carbons (Fsp3) is 0.333. The molecule has 9 heteroatoms. The lowest BCUT2D eigenvalue weighted by Gasteiger charge is -2.35. The highest BCUT2D eigenvalue weighted by Gasteiger charge is 2.30. The Kier molecular flexibility index (Phi) is 6.64. The highest BCUT2D eigenvalue weighted by atomic mass is 16.5. The monoisotopic (exact) mass is 524 g/mol. The molecule has 0 saturated heterocycles. The first-order chi connectivity index (χ1) is 19.0. The molecule has 9 nitrogen and oxygen atoms in total. The second-order valence-electron chi connectivity index (χ2n) is 10.1. The number of hydrogen-bond acceptors (Lipinski definition) is 6. The number of ether oxygens (including phenoxy) is 1. The molecule has 3 aromatic rings. The maximum Gasteiger partial charge on any atom is 0.326 e. The zero-order valence-electron chi connectivity index (χ0n) is 22.3. The van der Waals surface area contributed by atoms with Crippen LogP contribution in [0.3, 0.4) is 0 Å². The largest absolute Gasteiger partial charge is 0.497 e. The van der Waals surface area contributed by atoms with Gasteiger partial charge in [0.1, 0.15) is 23.6 Å². The minimum absolute atomic E-state index is 0.00617. The van der Waals surface area contributed by atoms with Crippen molar-refractivity contribution in [3.05, 3.63) is 89.0 Å². The van der Waals surface area contributed by atoms with E-state index in [-0.39, 0.29) is 18.0 Å². The van der Waals surface area contributed by atoms with Gasteiger partial charge in [0.05, 0.1) is 13.2 Å². The molecule has 0 spiro atoms. The molecule has 3 aliphatic heterocycles. The van der Waals surface area contributed by atoms with Gasteiger partial charge in [-0.25, -0.2) is 14.8 Å². The molecule has 0 bridgehead atoms. The molecule has 200 valence electrons. The van der Waals surface area contributed by atoms with Crippen LogP contribution in [0.2, 0.25) is 0 Å². The fourth-order valence-electron chi connectivity index (χ4n) is 5.76. The Hall–Kier alpha value is -4.40. The lowest BCUT2D eigenvalue weighted by molar-refractivity contribution is 0.0671. The summed E-state index contributed by atoms with van der Waals surface area (Å²) >= 11 is 0. The Balaban J connectivity index is 1.14. The average molecular weight is 525 g/mol. The average Bonchev–Trinajstić information content (AvgIpc) is 3.15. The number of rotatable bonds is 4. The second-order valence-corrected chi connectivity index (χ2v) is 10.1. The van der Waals surface area contributed by atoms with Crippen LogP contribution >= 0.6 is 0 Å². The predicted octanol–water partition coefficient (Wildman–Crippen LogP) is 4.43. The maximum absolute atomic E-state index is 13.5. The predicted molar refractivity (Wildman–Crippen MR) is 149 cm³/mol. The van der Waals surface area contributed by atoms with Gasteiger partial charge in [0.2, 0.25) is 0 Å². The number of fused-ring (bicyclic) bond motifs is 2. The standard InChI is InChI=1S/C30H32N6O3/c1-20-25-6-4-3-5-21(25)9-15-35(20)29(37)27-18-28(32-19-31-27)34-13-11-23(12-14-34)36-16-10-22-17-24(39-2)7-8-26(22)33-30(36)38/h3-8,11,17-20H,9-10,12-16H2,1-2H3,(H,33,38). The summed E-state index contributed by atoms with van der Waals surface area (Å²) < 4.78 is 5.34. The number of nitrogens with zero attached hydrogens (tertiary/aromatic N) is 5. The summed E-state index contributed by atoms with van der Waals surface area (Å²) in [6, 6.07) is 15.7. The third-order valence-corrected chi connectivity index (χ3v) is 7.99. The van der Waals surface area contributed by atoms with E-state index in [9.17, 15) is 9.59 Å². The van der Waals surface area contributed by atoms with E-state index >= 15 is 0 Å². The lowest BCUT2D eigenvalue weighted by Crippen LogP contribution is -2.40. The van der Waals surface area contributed by atoms with Crippen molar-refractivity contribution in [1.82, 2.24) is 19.8 Å². The van der Waals surface area contributed by atoms with Crippen LogP contribution in [0.25, 0.3) is 0 Å². The van der Waals surface area contributed by atoms with Crippen LogP contribution in [-0.2, 0) is 12.8 Å². The van der Waals surface area contributed by atoms with E-state index in [2.05, 4.69) is 45.3 Å². The van der Waals surface area contributed by atoms with Crippen LogP contribution in [0.5, 0.6) is 5.75 Å². The minimum atomic E-state index is -0.120. The van der Waals surface area contributed by atoms with Crippen LogP contribution in [0.4, 0.5) is 16.3 Å². The molecule has 3 amide bonds. The SMILES string of the molecule is COc1ccc2c(c1)CCN(C1=CCN(c3cc(C(=O)N4CCc5ccccc5C4C)ncn3)CC1)C(=O)N2. The summed E-state index contributed by atoms with van der Waals surface area (Å²) in [5.41, 5.74) is 5.78. The highest BCUT2D eigenvalue weighted by Crippen LogP contribution is 2.31. The number of anilines is 2. The molecule has 1 aromatic heterocycles. The molecule has 2 aromatic carbocycles. The Morgan fingerprint density at radius 2 is 1.85 bits per heavy atom. The van der Waals surface area contributed by atoms with Crippen molar-refractivity contribution in [2.75, 3.05) is 43.5 Å². The smallest absolute Gasteiger partial charge is 0.326 e. The van der Waals surface area contributed by atoms with E-state index in [0.717, 1.165) is 35.5 Å². The molecular weight excluding hydrogens is 492 g/mol. The molecule has 6 rings (SSSR count). The molecule has 0 radical (unpaired) electrons. The normalized spacial score (nSPS) is 18.9. The molecule has 39 heavy (non-hydrogen) atoms. The van der Waals surface area contributed by atoms with Crippen molar-refractivity contribution < 1.29 is 14.3 Å². The molecule has 1 unspecified atom stereocenters. The number of aromatic nitrogens is 2. The Labute approximate surface area is 228 Å². The summed E-state index contributed by atoms with van der Waals surface area (Å²) in [5, 5.41) is 3.04. The number of carbonyl (C=O) groups excluding carboxylic acids is 2. The van der Waals surface area contributed by atoms with Crippen LogP contribution in [0.15, 0.2) is 66.6 Å². The van der Waals surface area contributed by atoms with Crippen molar-refractivity contribution in [3.63, 3.8) is 0 Å².